The summed E-state index contributed by atoms with van der Waals surface area (Å²) < 4.78 is 40.0. The molecule has 0 aliphatic rings. The van der Waals surface area contributed by atoms with E-state index in [1.807, 2.05) is 0 Å². The summed E-state index contributed by atoms with van der Waals surface area (Å²) in [6.07, 6.45) is 0.272. The Morgan fingerprint density at radius 1 is 1.00 bits per heavy atom. The Bertz CT molecular complexity index is 595. The molecule has 98 valence electrons. The summed E-state index contributed by atoms with van der Waals surface area (Å²) in [7, 11) is 0. The lowest BCUT2D eigenvalue weighted by Crippen LogP contribution is -1.97. The summed E-state index contributed by atoms with van der Waals surface area (Å²) in [4.78, 5) is 11.0. The predicted molar refractivity (Wildman–Crippen MR) is 66.1 cm³/mol. The van der Waals surface area contributed by atoms with Crippen LogP contribution in [0.25, 0.3) is 11.1 Å². The number of rotatable bonds is 3. The van der Waals surface area contributed by atoms with Gasteiger partial charge in [-0.05, 0) is 18.1 Å². The standard InChI is InChI=1S/C15H11F3O/c1-9(19)6-10-2-4-11(5-3-10)15-13(17)7-12(16)8-14(15)18/h2-5,7-8H,6H2,1H3. The molecule has 0 aromatic heterocycles. The first-order valence-corrected chi connectivity index (χ1v) is 5.70. The number of carbonyl (C=O) groups excluding carboxylic acids is 1. The number of carbonyl (C=O) groups is 1. The lowest BCUT2D eigenvalue weighted by molar-refractivity contribution is -0.116. The van der Waals surface area contributed by atoms with Crippen LogP contribution in [0.15, 0.2) is 36.4 Å². The zero-order valence-electron chi connectivity index (χ0n) is 10.2. The maximum Gasteiger partial charge on any atom is 0.136 e. The molecule has 4 heteroatoms. The average molecular weight is 264 g/mol. The maximum absolute atomic E-state index is 13.6. The largest absolute Gasteiger partial charge is 0.300 e. The summed E-state index contributed by atoms with van der Waals surface area (Å²) in [5.74, 6) is -2.84. The molecule has 2 rings (SSSR count). The van der Waals surface area contributed by atoms with Crippen LogP contribution in [0.4, 0.5) is 13.2 Å². The quantitative estimate of drug-likeness (QED) is 0.821. The Balaban J connectivity index is 2.40. The molecule has 0 N–H and O–H groups in total. The van der Waals surface area contributed by atoms with E-state index in [0.717, 1.165) is 5.56 Å². The van der Waals surface area contributed by atoms with Crippen molar-refractivity contribution in [3.63, 3.8) is 0 Å². The molecule has 0 saturated carbocycles. The van der Waals surface area contributed by atoms with Gasteiger partial charge < -0.3 is 0 Å². The van der Waals surface area contributed by atoms with E-state index >= 15 is 0 Å². The van der Waals surface area contributed by atoms with Gasteiger partial charge in [0.1, 0.15) is 23.2 Å². The predicted octanol–water partition coefficient (Wildman–Crippen LogP) is 3.90. The van der Waals surface area contributed by atoms with E-state index in [1.165, 1.54) is 19.1 Å². The van der Waals surface area contributed by atoms with Crippen molar-refractivity contribution >= 4 is 5.78 Å². The van der Waals surface area contributed by atoms with Crippen molar-refractivity contribution in [1.29, 1.82) is 0 Å². The minimum atomic E-state index is -0.952. The second-order valence-corrected chi connectivity index (χ2v) is 4.32. The highest BCUT2D eigenvalue weighted by Crippen LogP contribution is 2.27. The Hall–Kier alpha value is -2.10. The van der Waals surface area contributed by atoms with E-state index in [4.69, 9.17) is 0 Å². The van der Waals surface area contributed by atoms with Crippen molar-refractivity contribution in [1.82, 2.24) is 0 Å². The third kappa shape index (κ3) is 3.02. The summed E-state index contributed by atoms with van der Waals surface area (Å²) in [5, 5.41) is 0. The van der Waals surface area contributed by atoms with Gasteiger partial charge in [0.25, 0.3) is 0 Å². The van der Waals surface area contributed by atoms with Gasteiger partial charge in [-0.1, -0.05) is 24.3 Å². The smallest absolute Gasteiger partial charge is 0.136 e. The van der Waals surface area contributed by atoms with Crippen LogP contribution in [0, 0.1) is 17.5 Å². The lowest BCUT2D eigenvalue weighted by atomic mass is 10.0. The molecule has 0 heterocycles. The second kappa shape index (κ2) is 5.26. The molecule has 1 nitrogen and oxygen atoms in total. The summed E-state index contributed by atoms with van der Waals surface area (Å²) in [6, 6.07) is 7.55. The first kappa shape index (κ1) is 13.3. The van der Waals surface area contributed by atoms with Crippen molar-refractivity contribution in [2.24, 2.45) is 0 Å². The summed E-state index contributed by atoms with van der Waals surface area (Å²) in [6.45, 7) is 1.47. The number of hydrogen-bond acceptors (Lipinski definition) is 1. The molecule has 0 aliphatic heterocycles. The van der Waals surface area contributed by atoms with Crippen molar-refractivity contribution < 1.29 is 18.0 Å². The van der Waals surface area contributed by atoms with E-state index in [0.29, 0.717) is 17.7 Å². The van der Waals surface area contributed by atoms with Crippen LogP contribution in [0.2, 0.25) is 0 Å². The lowest BCUT2D eigenvalue weighted by Gasteiger charge is -2.06. The fourth-order valence-electron chi connectivity index (χ4n) is 1.89. The molecule has 0 fully saturated rings. The summed E-state index contributed by atoms with van der Waals surface area (Å²) in [5.41, 5.74) is 0.803. The van der Waals surface area contributed by atoms with Gasteiger partial charge in [-0.2, -0.15) is 0 Å². The fraction of sp³-hybridized carbons (Fsp3) is 0.133. The van der Waals surface area contributed by atoms with Crippen LogP contribution in [-0.4, -0.2) is 5.78 Å². The topological polar surface area (TPSA) is 17.1 Å². The van der Waals surface area contributed by atoms with Crippen molar-refractivity contribution in [2.45, 2.75) is 13.3 Å². The number of benzene rings is 2. The first-order valence-electron chi connectivity index (χ1n) is 5.70. The van der Waals surface area contributed by atoms with Gasteiger partial charge in [0.2, 0.25) is 0 Å². The van der Waals surface area contributed by atoms with Crippen molar-refractivity contribution in [3.8, 4) is 11.1 Å². The van der Waals surface area contributed by atoms with E-state index in [1.54, 1.807) is 12.1 Å². The normalized spacial score (nSPS) is 10.5. The zero-order valence-corrected chi connectivity index (χ0v) is 10.2. The Kier molecular flexibility index (Phi) is 3.69. The van der Waals surface area contributed by atoms with Crippen LogP contribution in [0.5, 0.6) is 0 Å². The number of Topliss-reactive ketones (excluding diaryl/α,β-unsaturated/α-hetero) is 1. The first-order chi connectivity index (χ1) is 8.97. The molecule has 0 bridgehead atoms. The molecule has 2 aromatic carbocycles. The Labute approximate surface area is 108 Å². The number of hydrogen-bond donors (Lipinski definition) is 0. The van der Waals surface area contributed by atoms with Gasteiger partial charge in [0, 0.05) is 18.6 Å². The highest BCUT2D eigenvalue weighted by Gasteiger charge is 2.13. The fourth-order valence-corrected chi connectivity index (χ4v) is 1.89. The van der Waals surface area contributed by atoms with Crippen LogP contribution in [0.3, 0.4) is 0 Å². The molecular weight excluding hydrogens is 253 g/mol. The van der Waals surface area contributed by atoms with Crippen molar-refractivity contribution in [3.05, 3.63) is 59.4 Å². The van der Waals surface area contributed by atoms with Gasteiger partial charge in [-0.15, -0.1) is 0 Å². The highest BCUT2D eigenvalue weighted by atomic mass is 19.1. The molecule has 0 spiro atoms. The Morgan fingerprint density at radius 3 is 2.00 bits per heavy atom. The van der Waals surface area contributed by atoms with Gasteiger partial charge in [-0.25, -0.2) is 13.2 Å². The minimum absolute atomic E-state index is 0.00638. The third-order valence-electron chi connectivity index (χ3n) is 2.70. The van der Waals surface area contributed by atoms with Crippen LogP contribution >= 0.6 is 0 Å². The van der Waals surface area contributed by atoms with Crippen LogP contribution < -0.4 is 0 Å². The third-order valence-corrected chi connectivity index (χ3v) is 2.70. The van der Waals surface area contributed by atoms with E-state index in [-0.39, 0.29) is 17.8 Å². The van der Waals surface area contributed by atoms with Gasteiger partial charge in [-0.3, -0.25) is 4.79 Å². The molecule has 2 aromatic rings. The molecule has 0 aliphatic carbocycles. The van der Waals surface area contributed by atoms with Crippen LogP contribution in [-0.2, 0) is 11.2 Å². The molecule has 19 heavy (non-hydrogen) atoms. The minimum Gasteiger partial charge on any atom is -0.300 e. The van der Waals surface area contributed by atoms with Gasteiger partial charge >= 0.3 is 0 Å². The molecule has 0 atom stereocenters. The average Bonchev–Trinajstić information content (AvgIpc) is 2.29. The van der Waals surface area contributed by atoms with E-state index < -0.39 is 17.5 Å². The Morgan fingerprint density at radius 2 is 1.53 bits per heavy atom. The van der Waals surface area contributed by atoms with E-state index in [2.05, 4.69) is 0 Å². The second-order valence-electron chi connectivity index (χ2n) is 4.32. The molecule has 0 amide bonds. The monoisotopic (exact) mass is 264 g/mol. The molecule has 0 unspecified atom stereocenters. The van der Waals surface area contributed by atoms with Gasteiger partial charge in [0.15, 0.2) is 0 Å². The summed E-state index contributed by atoms with van der Waals surface area (Å²) >= 11 is 0. The van der Waals surface area contributed by atoms with E-state index in [9.17, 15) is 18.0 Å². The SMILES string of the molecule is CC(=O)Cc1ccc(-c2c(F)cc(F)cc2F)cc1. The van der Waals surface area contributed by atoms with Gasteiger partial charge in [0.05, 0.1) is 5.56 Å². The van der Waals surface area contributed by atoms with Crippen LogP contribution in [0.1, 0.15) is 12.5 Å². The maximum atomic E-state index is 13.6. The molecule has 0 saturated heterocycles. The molecule has 0 radical (unpaired) electrons. The molecular formula is C15H11F3O. The zero-order chi connectivity index (χ0) is 14.0. The number of halogens is 3. The van der Waals surface area contributed by atoms with Crippen molar-refractivity contribution in [2.75, 3.05) is 0 Å². The number of ketones is 1. The highest BCUT2D eigenvalue weighted by molar-refractivity contribution is 5.78.